The fraction of sp³-hybridized carbons (Fsp3) is 1.00. The molecule has 10 heavy (non-hydrogen) atoms. The Kier molecular flexibility index (Phi) is 1.92. The van der Waals surface area contributed by atoms with Crippen LogP contribution in [0.25, 0.3) is 0 Å². The topological polar surface area (TPSA) is 46.2 Å². The molecule has 0 aromatic rings. The van der Waals surface area contributed by atoms with Crippen molar-refractivity contribution in [3.8, 4) is 0 Å². The molecule has 0 bridgehead atoms. The molecule has 1 fully saturated rings. The summed E-state index contributed by atoms with van der Waals surface area (Å²) in [5, 5.41) is 8.98. The third kappa shape index (κ3) is 1.13. The summed E-state index contributed by atoms with van der Waals surface area (Å²) in [5.74, 6) is 0.0963. The highest BCUT2D eigenvalue weighted by atomic mass is 19.3. The lowest BCUT2D eigenvalue weighted by Gasteiger charge is -2.42. The molecule has 0 amide bonds. The van der Waals surface area contributed by atoms with Gasteiger partial charge in [0.25, 0.3) is 6.43 Å². The zero-order chi connectivity index (χ0) is 7.78. The van der Waals surface area contributed by atoms with Gasteiger partial charge in [-0.3, -0.25) is 0 Å². The van der Waals surface area contributed by atoms with Gasteiger partial charge in [0.15, 0.2) is 0 Å². The first-order valence-corrected chi connectivity index (χ1v) is 3.29. The molecule has 0 aromatic carbocycles. The van der Waals surface area contributed by atoms with E-state index < -0.39 is 12.0 Å². The summed E-state index contributed by atoms with van der Waals surface area (Å²) in [5.41, 5.74) is 3.48. The number of hydrogen-bond donors (Lipinski definition) is 2. The smallest absolute Gasteiger partial charge is 0.266 e. The number of rotatable bonds is 2. The van der Waals surface area contributed by atoms with Gasteiger partial charge in [-0.25, -0.2) is 8.78 Å². The molecule has 0 atom stereocenters. The van der Waals surface area contributed by atoms with Crippen molar-refractivity contribution in [2.75, 3.05) is 6.54 Å². The molecule has 1 rings (SSSR count). The molecule has 1 aliphatic rings. The van der Waals surface area contributed by atoms with Crippen LogP contribution in [0.1, 0.15) is 12.8 Å². The third-order valence-corrected chi connectivity index (χ3v) is 2.02. The van der Waals surface area contributed by atoms with E-state index in [1.807, 2.05) is 0 Å². The Bertz CT molecular complexity index is 123. The molecule has 0 saturated heterocycles. The summed E-state index contributed by atoms with van der Waals surface area (Å²) >= 11 is 0. The second-order valence-electron chi connectivity index (χ2n) is 2.91. The van der Waals surface area contributed by atoms with Crippen LogP contribution in [0, 0.1) is 5.92 Å². The molecule has 4 heteroatoms. The zero-order valence-corrected chi connectivity index (χ0v) is 5.56. The Morgan fingerprint density at radius 3 is 2.40 bits per heavy atom. The van der Waals surface area contributed by atoms with Crippen LogP contribution < -0.4 is 5.73 Å². The van der Waals surface area contributed by atoms with Crippen molar-refractivity contribution in [3.63, 3.8) is 0 Å². The Balaban J connectivity index is 2.34. The second kappa shape index (κ2) is 2.43. The minimum absolute atomic E-state index is 0.0963. The maximum Gasteiger partial charge on any atom is 0.266 e. The molecule has 60 valence electrons. The molecular formula is C6H11F2NO. The predicted octanol–water partition coefficient (Wildman–Crippen LogP) is 0.351. The predicted molar refractivity (Wildman–Crippen MR) is 32.7 cm³/mol. The number of alkyl halides is 2. The van der Waals surface area contributed by atoms with Crippen LogP contribution in [0.5, 0.6) is 0 Å². The van der Waals surface area contributed by atoms with Crippen LogP contribution in [-0.2, 0) is 0 Å². The van der Waals surface area contributed by atoms with Gasteiger partial charge in [-0.15, -0.1) is 0 Å². The normalized spacial score (nSPS) is 39.9. The number of halogens is 2. The van der Waals surface area contributed by atoms with Crippen molar-refractivity contribution < 1.29 is 13.9 Å². The van der Waals surface area contributed by atoms with Gasteiger partial charge in [0.2, 0.25) is 0 Å². The van der Waals surface area contributed by atoms with Gasteiger partial charge in [0.1, 0.15) is 5.60 Å². The molecule has 0 aromatic heterocycles. The van der Waals surface area contributed by atoms with Gasteiger partial charge in [-0.1, -0.05) is 0 Å². The van der Waals surface area contributed by atoms with E-state index in [0.717, 1.165) is 0 Å². The molecule has 0 aliphatic heterocycles. The third-order valence-electron chi connectivity index (χ3n) is 2.02. The highest BCUT2D eigenvalue weighted by Gasteiger charge is 2.48. The largest absolute Gasteiger partial charge is 0.384 e. The molecule has 3 N–H and O–H groups in total. The average molecular weight is 151 g/mol. The molecular weight excluding hydrogens is 140 g/mol. The Morgan fingerprint density at radius 2 is 2.10 bits per heavy atom. The standard InChI is InChI=1S/C6H11F2NO/c7-5(8)6(10)1-4(2-6)3-9/h4-5,10H,1-3,9H2. The van der Waals surface area contributed by atoms with Crippen molar-refractivity contribution in [3.05, 3.63) is 0 Å². The van der Waals surface area contributed by atoms with E-state index in [1.54, 1.807) is 0 Å². The van der Waals surface area contributed by atoms with Crippen LogP contribution in [-0.4, -0.2) is 23.7 Å². The maximum absolute atomic E-state index is 11.9. The summed E-state index contributed by atoms with van der Waals surface area (Å²) in [4.78, 5) is 0. The molecule has 2 nitrogen and oxygen atoms in total. The maximum atomic E-state index is 11.9. The fourth-order valence-corrected chi connectivity index (χ4v) is 1.28. The van der Waals surface area contributed by atoms with Crippen LogP contribution in [0.4, 0.5) is 8.78 Å². The van der Waals surface area contributed by atoms with Crippen molar-refractivity contribution in [1.29, 1.82) is 0 Å². The summed E-state index contributed by atoms with van der Waals surface area (Å²) < 4.78 is 23.8. The van der Waals surface area contributed by atoms with Crippen molar-refractivity contribution >= 4 is 0 Å². The summed E-state index contributed by atoms with van der Waals surface area (Å²) in [6.07, 6.45) is -2.31. The van der Waals surface area contributed by atoms with Gasteiger partial charge >= 0.3 is 0 Å². The van der Waals surface area contributed by atoms with Crippen molar-refractivity contribution in [1.82, 2.24) is 0 Å². The minimum Gasteiger partial charge on any atom is -0.384 e. The Labute approximate surface area is 58.0 Å². The van der Waals surface area contributed by atoms with E-state index in [1.165, 1.54) is 0 Å². The number of nitrogens with two attached hydrogens (primary N) is 1. The van der Waals surface area contributed by atoms with Crippen LogP contribution in [0.15, 0.2) is 0 Å². The fourth-order valence-electron chi connectivity index (χ4n) is 1.28. The molecule has 1 aliphatic carbocycles. The van der Waals surface area contributed by atoms with Gasteiger partial charge in [-0.2, -0.15) is 0 Å². The number of hydrogen-bond acceptors (Lipinski definition) is 2. The second-order valence-corrected chi connectivity index (χ2v) is 2.91. The Morgan fingerprint density at radius 1 is 1.60 bits per heavy atom. The molecule has 1 saturated carbocycles. The highest BCUT2D eigenvalue weighted by molar-refractivity contribution is 4.96. The lowest BCUT2D eigenvalue weighted by molar-refractivity contribution is -0.166. The first-order chi connectivity index (χ1) is 4.58. The first-order valence-electron chi connectivity index (χ1n) is 3.29. The molecule has 0 radical (unpaired) electrons. The van der Waals surface area contributed by atoms with E-state index in [4.69, 9.17) is 10.8 Å². The summed E-state index contributed by atoms with van der Waals surface area (Å²) in [6.45, 7) is 0.398. The van der Waals surface area contributed by atoms with Gasteiger partial charge < -0.3 is 10.8 Å². The van der Waals surface area contributed by atoms with E-state index in [0.29, 0.717) is 6.54 Å². The quantitative estimate of drug-likeness (QED) is 0.598. The van der Waals surface area contributed by atoms with Crippen molar-refractivity contribution in [2.24, 2.45) is 11.7 Å². The lowest BCUT2D eigenvalue weighted by Crippen LogP contribution is -2.51. The van der Waals surface area contributed by atoms with Crippen molar-refractivity contribution in [2.45, 2.75) is 24.9 Å². The Hall–Kier alpha value is -0.220. The van der Waals surface area contributed by atoms with E-state index >= 15 is 0 Å². The minimum atomic E-state index is -2.62. The monoisotopic (exact) mass is 151 g/mol. The zero-order valence-electron chi connectivity index (χ0n) is 5.56. The van der Waals surface area contributed by atoms with Crippen LogP contribution >= 0.6 is 0 Å². The van der Waals surface area contributed by atoms with E-state index in [9.17, 15) is 8.78 Å². The van der Waals surface area contributed by atoms with Gasteiger partial charge in [0.05, 0.1) is 0 Å². The average Bonchev–Trinajstić information content (AvgIpc) is 1.80. The first kappa shape index (κ1) is 7.88. The highest BCUT2D eigenvalue weighted by Crippen LogP contribution is 2.41. The SMILES string of the molecule is NCC1CC(O)(C(F)F)C1. The molecule has 0 unspecified atom stereocenters. The lowest BCUT2D eigenvalue weighted by atomic mass is 9.71. The van der Waals surface area contributed by atoms with Gasteiger partial charge in [0, 0.05) is 0 Å². The van der Waals surface area contributed by atoms with E-state index in [-0.39, 0.29) is 18.8 Å². The summed E-state index contributed by atoms with van der Waals surface area (Å²) in [7, 11) is 0. The molecule has 0 heterocycles. The van der Waals surface area contributed by atoms with Gasteiger partial charge in [-0.05, 0) is 25.3 Å². The number of aliphatic hydroxyl groups is 1. The van der Waals surface area contributed by atoms with Crippen LogP contribution in [0.2, 0.25) is 0 Å². The van der Waals surface area contributed by atoms with Crippen LogP contribution in [0.3, 0.4) is 0 Å². The van der Waals surface area contributed by atoms with E-state index in [2.05, 4.69) is 0 Å². The summed E-state index contributed by atoms with van der Waals surface area (Å²) in [6, 6.07) is 0. The molecule has 0 spiro atoms.